The number of likely N-dealkylation sites (N-methyl/N-ethyl adjacent to an activating group) is 2. The number of aromatic hydroxyl groups is 1. The third-order valence-electron chi connectivity index (χ3n) is 3.85. The van der Waals surface area contributed by atoms with Gasteiger partial charge in [0.15, 0.2) is 5.75 Å². The Bertz CT molecular complexity index is 563. The van der Waals surface area contributed by atoms with Crippen molar-refractivity contribution in [3.63, 3.8) is 0 Å². The van der Waals surface area contributed by atoms with Crippen LogP contribution in [0.25, 0.3) is 0 Å². The van der Waals surface area contributed by atoms with Crippen molar-refractivity contribution in [3.8, 4) is 5.75 Å². The molecule has 2 rings (SSSR count). The van der Waals surface area contributed by atoms with E-state index >= 15 is 0 Å². The number of hydrogen-bond acceptors (Lipinski definition) is 5. The van der Waals surface area contributed by atoms with Crippen LogP contribution in [0.2, 0.25) is 0 Å². The molecular weight excluding hydrogens is 270 g/mol. The van der Waals surface area contributed by atoms with Crippen LogP contribution in [0.4, 0.5) is 5.95 Å². The van der Waals surface area contributed by atoms with Gasteiger partial charge < -0.3 is 5.11 Å². The second-order valence-electron chi connectivity index (χ2n) is 5.34. The first-order chi connectivity index (χ1) is 8.66. The number of quaternary nitrogens is 2. The molecule has 1 aliphatic heterocycles. The Kier molecular flexibility index (Phi) is 3.25. The fourth-order valence-electron chi connectivity index (χ4n) is 2.14. The highest BCUT2D eigenvalue weighted by molar-refractivity contribution is 7.83. The van der Waals surface area contributed by atoms with Crippen LogP contribution in [0.1, 0.15) is 0 Å². The largest absolute Gasteiger partial charge is 0.505 e. The lowest BCUT2D eigenvalue weighted by Crippen LogP contribution is -2.68. The Morgan fingerprint density at radius 2 is 1.63 bits per heavy atom. The van der Waals surface area contributed by atoms with Gasteiger partial charge in [0.1, 0.15) is 26.2 Å². The zero-order chi connectivity index (χ0) is 14.3. The Labute approximate surface area is 112 Å². The lowest BCUT2D eigenvalue weighted by Gasteiger charge is -2.42. The molecule has 19 heavy (non-hydrogen) atoms. The van der Waals surface area contributed by atoms with Gasteiger partial charge in [0.25, 0.3) is 0 Å². The molecule has 2 heterocycles. The predicted molar refractivity (Wildman–Crippen MR) is 70.2 cm³/mol. The maximum absolute atomic E-state index is 11.6. The molecule has 8 nitrogen and oxygen atoms in total. The van der Waals surface area contributed by atoms with Gasteiger partial charge in [0.2, 0.25) is 0 Å². The Hall–Kier alpha value is -1.29. The fraction of sp³-hybridized carbons (Fsp3) is 0.600. The number of nitrogens with two attached hydrogens (primary N) is 1. The maximum atomic E-state index is 11.6. The van der Waals surface area contributed by atoms with Crippen LogP contribution in [0, 0.1) is 0 Å². The van der Waals surface area contributed by atoms with E-state index in [0.717, 1.165) is 0 Å². The summed E-state index contributed by atoms with van der Waals surface area (Å²) >= 11 is 0. The number of aromatic nitrogens is 2. The second kappa shape index (κ2) is 4.37. The Morgan fingerprint density at radius 1 is 1.16 bits per heavy atom. The smallest absolute Gasteiger partial charge is 0.367 e. The molecule has 0 bridgehead atoms. The van der Waals surface area contributed by atoms with Gasteiger partial charge in [-0.25, -0.2) is 0 Å². The van der Waals surface area contributed by atoms with Gasteiger partial charge in [0.05, 0.1) is 26.5 Å². The van der Waals surface area contributed by atoms with Crippen LogP contribution >= 0.6 is 0 Å². The third kappa shape index (κ3) is 2.54. The molecule has 0 amide bonds. The summed E-state index contributed by atoms with van der Waals surface area (Å²) in [5, 5.41) is 14.5. The third-order valence-corrected chi connectivity index (χ3v) is 5.45. The minimum atomic E-state index is -3.62. The molecule has 1 aromatic heterocycles. The minimum Gasteiger partial charge on any atom is -0.505 e. The van der Waals surface area contributed by atoms with Crippen molar-refractivity contribution in [1.29, 1.82) is 0 Å². The van der Waals surface area contributed by atoms with Crippen LogP contribution in [-0.2, 0) is 10.2 Å². The van der Waals surface area contributed by atoms with E-state index in [0.29, 0.717) is 36.6 Å². The van der Waals surface area contributed by atoms with Gasteiger partial charge in [0, 0.05) is 0 Å². The summed E-state index contributed by atoms with van der Waals surface area (Å²) in [6, 6.07) is 0. The molecule has 106 valence electrons. The van der Waals surface area contributed by atoms with Gasteiger partial charge in [-0.1, -0.05) is 0 Å². The summed E-state index contributed by atoms with van der Waals surface area (Å²) in [6.45, 7) is 1.94. The average molecular weight is 289 g/mol. The van der Waals surface area contributed by atoms with Crippen molar-refractivity contribution in [3.05, 3.63) is 12.4 Å². The molecular formula is C10H19N5O3S+2. The van der Waals surface area contributed by atoms with Crippen molar-refractivity contribution < 1.29 is 17.4 Å². The van der Waals surface area contributed by atoms with E-state index in [1.807, 2.05) is 7.05 Å². The van der Waals surface area contributed by atoms with E-state index in [-0.39, 0.29) is 9.64 Å². The molecule has 0 unspecified atom stereocenters. The van der Waals surface area contributed by atoms with Crippen LogP contribution < -0.4 is 9.62 Å². The lowest BCUT2D eigenvalue weighted by molar-refractivity contribution is -0.790. The van der Waals surface area contributed by atoms with E-state index in [4.69, 9.17) is 5.14 Å². The second-order valence-corrected chi connectivity index (χ2v) is 7.25. The lowest BCUT2D eigenvalue weighted by atomic mass is 10.3. The van der Waals surface area contributed by atoms with Gasteiger partial charge in [-0.05, 0) is 0 Å². The van der Waals surface area contributed by atoms with Crippen molar-refractivity contribution in [2.45, 2.75) is 0 Å². The monoisotopic (exact) mass is 289 g/mol. The molecule has 0 atom stereocenters. The number of rotatable bonds is 2. The summed E-state index contributed by atoms with van der Waals surface area (Å²) in [5.74, 6) is 0.580. The van der Waals surface area contributed by atoms with E-state index in [1.54, 1.807) is 7.05 Å². The summed E-state index contributed by atoms with van der Waals surface area (Å²) in [6.07, 6.45) is 2.68. The first-order valence-electron chi connectivity index (χ1n) is 5.90. The molecule has 1 fully saturated rings. The quantitative estimate of drug-likeness (QED) is 0.664. The molecule has 1 aromatic rings. The zero-order valence-corrected chi connectivity index (χ0v) is 11.8. The summed E-state index contributed by atoms with van der Waals surface area (Å²) in [7, 11) is -0.0528. The molecule has 1 aliphatic rings. The van der Waals surface area contributed by atoms with E-state index < -0.39 is 10.2 Å². The molecule has 9 heteroatoms. The fourth-order valence-corrected chi connectivity index (χ4v) is 2.81. The van der Waals surface area contributed by atoms with Crippen LogP contribution in [-0.4, -0.2) is 67.7 Å². The molecule has 1 saturated heterocycles. The van der Waals surface area contributed by atoms with Crippen LogP contribution in [0.5, 0.6) is 5.75 Å². The van der Waals surface area contributed by atoms with Gasteiger partial charge >= 0.3 is 16.2 Å². The number of piperazine rings is 1. The average Bonchev–Trinajstić information content (AvgIpc) is 2.33. The number of nitrogens with zero attached hydrogens (tertiary/aromatic N) is 4. The highest BCUT2D eigenvalue weighted by Gasteiger charge is 2.46. The summed E-state index contributed by atoms with van der Waals surface area (Å²) < 4.78 is 23.4. The Balaban J connectivity index is 2.21. The molecule has 3 N–H and O–H groups in total. The van der Waals surface area contributed by atoms with E-state index in [1.165, 1.54) is 12.4 Å². The van der Waals surface area contributed by atoms with E-state index in [9.17, 15) is 13.5 Å². The Morgan fingerprint density at radius 3 is 2.05 bits per heavy atom. The molecule has 0 aromatic carbocycles. The van der Waals surface area contributed by atoms with Crippen molar-refractivity contribution in [2.24, 2.45) is 5.14 Å². The predicted octanol–water partition coefficient (Wildman–Crippen LogP) is -1.22. The minimum absolute atomic E-state index is 0.0116. The summed E-state index contributed by atoms with van der Waals surface area (Å²) in [4.78, 5) is 8.21. The molecule has 0 spiro atoms. The zero-order valence-electron chi connectivity index (χ0n) is 11.0. The van der Waals surface area contributed by atoms with Crippen LogP contribution in [0.15, 0.2) is 12.4 Å². The normalized spacial score (nSPS) is 32.2. The highest BCUT2D eigenvalue weighted by atomic mass is 32.2. The standard InChI is InChI=1S/C10H18N5O3S/c1-14(10-12-7-9(16)8-13-10)3-5-15(2,6-4-14)19(11,17)18/h7-8H,3-6H2,1-2H3,(H2-,11,16,17,18)/q+1/p+1. The molecule has 0 radical (unpaired) electrons. The van der Waals surface area contributed by atoms with Crippen molar-refractivity contribution in [1.82, 2.24) is 14.5 Å². The first-order valence-corrected chi connectivity index (χ1v) is 7.40. The van der Waals surface area contributed by atoms with Crippen molar-refractivity contribution >= 4 is 16.2 Å². The van der Waals surface area contributed by atoms with Crippen LogP contribution in [0.3, 0.4) is 0 Å². The highest BCUT2D eigenvalue weighted by Crippen LogP contribution is 2.23. The maximum Gasteiger partial charge on any atom is 0.367 e. The molecule has 0 aliphatic carbocycles. The topological polar surface area (TPSA) is 106 Å². The van der Waals surface area contributed by atoms with Gasteiger partial charge in [-0.15, -0.1) is 0 Å². The molecule has 0 saturated carbocycles. The SMILES string of the molecule is C[N+]1(c2ncc(O)cn2)CC[N+](C)(S(N)(=O)=O)CC1. The van der Waals surface area contributed by atoms with Crippen molar-refractivity contribution in [2.75, 3.05) is 40.3 Å². The van der Waals surface area contributed by atoms with Gasteiger partial charge in [-0.3, -0.25) is 4.48 Å². The first kappa shape index (κ1) is 14.1. The van der Waals surface area contributed by atoms with E-state index in [2.05, 4.69) is 9.97 Å². The summed E-state index contributed by atoms with van der Waals surface area (Å²) in [5.41, 5.74) is 0. The van der Waals surface area contributed by atoms with Gasteiger partial charge in [-0.2, -0.15) is 27.4 Å². The number of hydrogen-bond donors (Lipinski definition) is 2.